The Balaban J connectivity index is 2.94. The van der Waals surface area contributed by atoms with Gasteiger partial charge in [-0.2, -0.15) is 0 Å². The van der Waals surface area contributed by atoms with Crippen molar-refractivity contribution in [3.63, 3.8) is 0 Å². The van der Waals surface area contributed by atoms with Gasteiger partial charge in [0, 0.05) is 12.3 Å². The molecule has 2 rings (SSSR count). The van der Waals surface area contributed by atoms with E-state index < -0.39 is 0 Å². The fourth-order valence-electron chi connectivity index (χ4n) is 0.760. The van der Waals surface area contributed by atoms with Crippen LogP contribution in [0.15, 0.2) is 23.3 Å². The van der Waals surface area contributed by atoms with E-state index in [0.717, 1.165) is 16.0 Å². The Morgan fingerprint density at radius 1 is 1.45 bits per heavy atom. The second-order valence-electron chi connectivity index (χ2n) is 1.94. The van der Waals surface area contributed by atoms with E-state index in [1.54, 1.807) is 6.07 Å². The van der Waals surface area contributed by atoms with Crippen LogP contribution in [0.2, 0.25) is 0 Å². The maximum absolute atomic E-state index is 10.8. The summed E-state index contributed by atoms with van der Waals surface area (Å²) in [5, 5.41) is 0. The summed E-state index contributed by atoms with van der Waals surface area (Å²) in [4.78, 5) is 18.6. The molecular weight excluding hydrogens is 160 g/mol. The number of aromatic nitrogens is 2. The third-order valence-corrected chi connectivity index (χ3v) is 2.03. The molecule has 0 unspecified atom stereocenters. The number of pyridine rings is 1. The molecule has 0 saturated heterocycles. The van der Waals surface area contributed by atoms with Crippen LogP contribution in [0.5, 0.6) is 0 Å². The number of nitrogens with zero attached hydrogens (tertiary/aromatic N) is 2. The van der Waals surface area contributed by atoms with Crippen LogP contribution in [-0.2, 0) is 0 Å². The molecular formula is C7H3N2OS. The van der Waals surface area contributed by atoms with Crippen molar-refractivity contribution in [3.8, 4) is 0 Å². The Labute approximate surface area is 66.4 Å². The fraction of sp³-hybridized carbons (Fsp3) is 0. The maximum Gasteiger partial charge on any atom is 0.251 e. The minimum atomic E-state index is -0.0566. The highest BCUT2D eigenvalue weighted by Gasteiger charge is 1.94. The Kier molecular flexibility index (Phi) is 1.40. The zero-order valence-electron chi connectivity index (χ0n) is 5.44. The average molecular weight is 163 g/mol. The standard InChI is InChI=1S/C7H3N2OS/c10-6-4-9-7-5(11-6)2-1-3-8-7/h2-4H. The zero-order chi connectivity index (χ0) is 7.68. The molecule has 0 fully saturated rings. The number of hydrogen-bond donors (Lipinski definition) is 0. The highest BCUT2D eigenvalue weighted by Crippen LogP contribution is 2.07. The Hall–Kier alpha value is -1.29. The van der Waals surface area contributed by atoms with Crippen molar-refractivity contribution in [3.05, 3.63) is 34.1 Å². The number of fused-ring (bicyclic) bond motifs is 1. The van der Waals surface area contributed by atoms with Gasteiger partial charge in [0.2, 0.25) is 0 Å². The first kappa shape index (κ1) is 6.42. The lowest BCUT2D eigenvalue weighted by atomic mass is 10.5. The lowest BCUT2D eigenvalue weighted by Crippen LogP contribution is -1.93. The first-order chi connectivity index (χ1) is 5.36. The first-order valence-electron chi connectivity index (χ1n) is 2.98. The van der Waals surface area contributed by atoms with Crippen molar-refractivity contribution in [2.45, 2.75) is 0 Å². The van der Waals surface area contributed by atoms with Crippen molar-refractivity contribution in [2.75, 3.05) is 0 Å². The summed E-state index contributed by atoms with van der Waals surface area (Å²) in [6.45, 7) is 0. The molecule has 0 aliphatic carbocycles. The molecule has 0 aliphatic heterocycles. The van der Waals surface area contributed by atoms with E-state index >= 15 is 0 Å². The predicted molar refractivity (Wildman–Crippen MR) is 42.5 cm³/mol. The minimum Gasteiger partial charge on any atom is -0.276 e. The molecule has 0 aromatic carbocycles. The molecule has 11 heavy (non-hydrogen) atoms. The molecule has 0 spiro atoms. The van der Waals surface area contributed by atoms with E-state index in [9.17, 15) is 4.79 Å². The van der Waals surface area contributed by atoms with Crippen LogP contribution in [0, 0.1) is 6.07 Å². The Bertz CT molecular complexity index is 437. The summed E-state index contributed by atoms with van der Waals surface area (Å²) in [7, 11) is 0. The topological polar surface area (TPSA) is 42.9 Å². The van der Waals surface area contributed by atoms with Crippen molar-refractivity contribution in [1.29, 1.82) is 0 Å². The second-order valence-corrected chi connectivity index (χ2v) is 2.98. The quantitative estimate of drug-likeness (QED) is 0.578. The van der Waals surface area contributed by atoms with Gasteiger partial charge in [0.15, 0.2) is 5.65 Å². The van der Waals surface area contributed by atoms with Crippen LogP contribution >= 0.6 is 11.3 Å². The zero-order valence-corrected chi connectivity index (χ0v) is 6.26. The van der Waals surface area contributed by atoms with Crippen LogP contribution in [0.1, 0.15) is 0 Å². The van der Waals surface area contributed by atoms with Gasteiger partial charge in [-0.1, -0.05) is 11.3 Å². The average Bonchev–Trinajstić information content (AvgIpc) is 2.04. The van der Waals surface area contributed by atoms with Crippen LogP contribution in [-0.4, -0.2) is 9.97 Å². The van der Waals surface area contributed by atoms with E-state index in [1.807, 2.05) is 0 Å². The summed E-state index contributed by atoms with van der Waals surface area (Å²) >= 11 is 1.13. The lowest BCUT2D eigenvalue weighted by Gasteiger charge is -1.88. The first-order valence-corrected chi connectivity index (χ1v) is 3.80. The molecule has 2 aromatic rings. The van der Waals surface area contributed by atoms with E-state index in [-0.39, 0.29) is 4.74 Å². The van der Waals surface area contributed by atoms with E-state index in [1.165, 1.54) is 12.4 Å². The van der Waals surface area contributed by atoms with Crippen molar-refractivity contribution in [2.24, 2.45) is 0 Å². The summed E-state index contributed by atoms with van der Waals surface area (Å²) in [6, 6.07) is 4.49. The predicted octanol–water partition coefficient (Wildman–Crippen LogP) is 0.852. The van der Waals surface area contributed by atoms with E-state index in [4.69, 9.17) is 0 Å². The molecule has 0 bridgehead atoms. The van der Waals surface area contributed by atoms with Crippen molar-refractivity contribution in [1.82, 2.24) is 9.97 Å². The molecule has 0 saturated carbocycles. The van der Waals surface area contributed by atoms with Gasteiger partial charge in [-0.25, -0.2) is 9.97 Å². The third-order valence-electron chi connectivity index (χ3n) is 1.20. The normalized spacial score (nSPS) is 10.2. The third kappa shape index (κ3) is 1.12. The monoisotopic (exact) mass is 163 g/mol. The fourth-order valence-corrected chi connectivity index (χ4v) is 1.41. The molecule has 2 heterocycles. The molecule has 1 radical (unpaired) electrons. The molecule has 4 heteroatoms. The molecule has 0 aliphatic rings. The molecule has 53 valence electrons. The van der Waals surface area contributed by atoms with Crippen LogP contribution in [0.4, 0.5) is 0 Å². The van der Waals surface area contributed by atoms with E-state index in [0.29, 0.717) is 5.65 Å². The summed E-state index contributed by atoms with van der Waals surface area (Å²) in [5.74, 6) is 0. The van der Waals surface area contributed by atoms with Gasteiger partial charge in [0.1, 0.15) is 0 Å². The molecule has 0 atom stereocenters. The summed E-state index contributed by atoms with van der Waals surface area (Å²) in [6.07, 6.45) is 2.81. The van der Waals surface area contributed by atoms with Gasteiger partial charge in [-0.05, 0) is 6.07 Å². The van der Waals surface area contributed by atoms with E-state index in [2.05, 4.69) is 16.0 Å². The Morgan fingerprint density at radius 2 is 2.36 bits per heavy atom. The van der Waals surface area contributed by atoms with Crippen molar-refractivity contribution >= 4 is 21.7 Å². The smallest absolute Gasteiger partial charge is 0.251 e. The van der Waals surface area contributed by atoms with Gasteiger partial charge in [-0.3, -0.25) is 4.79 Å². The van der Waals surface area contributed by atoms with Crippen LogP contribution in [0.3, 0.4) is 0 Å². The maximum atomic E-state index is 10.8. The molecule has 3 nitrogen and oxygen atoms in total. The number of hydrogen-bond acceptors (Lipinski definition) is 4. The highest BCUT2D eigenvalue weighted by molar-refractivity contribution is 7.16. The summed E-state index contributed by atoms with van der Waals surface area (Å²) < 4.78 is 0.721. The largest absolute Gasteiger partial charge is 0.276 e. The van der Waals surface area contributed by atoms with Gasteiger partial charge in [0.25, 0.3) is 4.74 Å². The van der Waals surface area contributed by atoms with Gasteiger partial charge >= 0.3 is 0 Å². The lowest BCUT2D eigenvalue weighted by molar-refractivity contribution is 1.29. The SMILES string of the molecule is O=c1cnc2nc[c]cc2s1. The minimum absolute atomic E-state index is 0.0566. The number of rotatable bonds is 0. The molecule has 0 N–H and O–H groups in total. The Morgan fingerprint density at radius 3 is 3.27 bits per heavy atom. The van der Waals surface area contributed by atoms with Gasteiger partial charge in [0.05, 0.1) is 10.9 Å². The van der Waals surface area contributed by atoms with Gasteiger partial charge < -0.3 is 0 Å². The second kappa shape index (κ2) is 2.39. The summed E-state index contributed by atoms with van der Waals surface area (Å²) in [5.41, 5.74) is 0.605. The highest BCUT2D eigenvalue weighted by atomic mass is 32.1. The van der Waals surface area contributed by atoms with Crippen molar-refractivity contribution < 1.29 is 0 Å². The van der Waals surface area contributed by atoms with Crippen LogP contribution in [0.25, 0.3) is 10.3 Å². The van der Waals surface area contributed by atoms with Crippen LogP contribution < -0.4 is 4.74 Å². The molecule has 2 aromatic heterocycles. The van der Waals surface area contributed by atoms with Gasteiger partial charge in [-0.15, -0.1) is 0 Å². The molecule has 0 amide bonds.